The molecule has 0 aliphatic rings. The molecule has 0 aromatic heterocycles. The van der Waals surface area contributed by atoms with E-state index in [4.69, 9.17) is 0 Å². The van der Waals surface area contributed by atoms with Crippen molar-refractivity contribution in [3.63, 3.8) is 0 Å². The Morgan fingerprint density at radius 2 is 0.482 bits per heavy atom. The predicted molar refractivity (Wildman–Crippen MR) is 246 cm³/mol. The highest BCUT2D eigenvalue weighted by Gasteiger charge is 2.05. The number of amides is 2. The van der Waals surface area contributed by atoms with Crippen LogP contribution in [0, 0.1) is 0 Å². The normalized spacial score (nSPS) is 11.3. The van der Waals surface area contributed by atoms with Crippen molar-refractivity contribution in [3.8, 4) is 0 Å². The Balaban J connectivity index is 1.85. The third kappa shape index (κ3) is 37.7. The summed E-state index contributed by atoms with van der Waals surface area (Å²) < 4.78 is 0. The molecule has 4 nitrogen and oxygen atoms in total. The van der Waals surface area contributed by atoms with E-state index in [1.54, 1.807) is 0 Å². The van der Waals surface area contributed by atoms with Gasteiger partial charge in [0.2, 0.25) is 11.8 Å². The van der Waals surface area contributed by atoms with Crippen LogP contribution in [0.5, 0.6) is 0 Å². The third-order valence-electron chi connectivity index (χ3n) is 12.0. The summed E-state index contributed by atoms with van der Waals surface area (Å²) in [5.41, 5.74) is 2.21. The molecular formula is C52H96N2O2. The van der Waals surface area contributed by atoms with E-state index >= 15 is 0 Å². The molecule has 0 radical (unpaired) electrons. The van der Waals surface area contributed by atoms with Gasteiger partial charge < -0.3 is 10.6 Å². The quantitative estimate of drug-likeness (QED) is 0.0648. The molecule has 0 aliphatic carbocycles. The molecule has 2 N–H and O–H groups in total. The molecule has 0 fully saturated rings. The van der Waals surface area contributed by atoms with Crippen molar-refractivity contribution in [1.82, 2.24) is 10.6 Å². The van der Waals surface area contributed by atoms with E-state index in [0.29, 0.717) is 25.9 Å². The molecule has 56 heavy (non-hydrogen) atoms. The maximum absolute atomic E-state index is 12.4. The van der Waals surface area contributed by atoms with E-state index in [9.17, 15) is 9.59 Å². The first kappa shape index (κ1) is 52.2. The van der Waals surface area contributed by atoms with Crippen molar-refractivity contribution in [3.05, 3.63) is 35.4 Å². The van der Waals surface area contributed by atoms with Crippen molar-refractivity contribution in [2.24, 2.45) is 0 Å². The van der Waals surface area contributed by atoms with Crippen LogP contribution in [0.2, 0.25) is 0 Å². The average molecular weight is 781 g/mol. The Morgan fingerprint density at radius 1 is 0.304 bits per heavy atom. The molecule has 4 heteroatoms. The lowest BCUT2D eigenvalue weighted by Crippen LogP contribution is -2.23. The van der Waals surface area contributed by atoms with E-state index in [-0.39, 0.29) is 11.8 Å². The van der Waals surface area contributed by atoms with Crippen LogP contribution in [0.15, 0.2) is 24.3 Å². The van der Waals surface area contributed by atoms with Crippen LogP contribution in [0.1, 0.15) is 282 Å². The number of carbonyl (C=O) groups is 2. The topological polar surface area (TPSA) is 58.2 Å². The van der Waals surface area contributed by atoms with Crippen LogP contribution in [0.25, 0.3) is 0 Å². The molecule has 1 rings (SSSR count). The van der Waals surface area contributed by atoms with Crippen LogP contribution in [0.3, 0.4) is 0 Å². The Morgan fingerprint density at radius 3 is 0.679 bits per heavy atom. The van der Waals surface area contributed by atoms with E-state index in [0.717, 1.165) is 36.8 Å². The van der Waals surface area contributed by atoms with Crippen LogP contribution in [-0.4, -0.2) is 11.8 Å². The van der Waals surface area contributed by atoms with E-state index in [1.165, 1.54) is 218 Å². The molecule has 0 saturated carbocycles. The molecule has 0 atom stereocenters. The summed E-state index contributed by atoms with van der Waals surface area (Å²) in [5.74, 6) is 0.311. The maximum Gasteiger partial charge on any atom is 0.220 e. The fourth-order valence-electron chi connectivity index (χ4n) is 8.08. The summed E-state index contributed by atoms with van der Waals surface area (Å²) in [6.45, 7) is 5.73. The molecule has 0 bridgehead atoms. The van der Waals surface area contributed by atoms with Gasteiger partial charge in [0.25, 0.3) is 0 Å². The van der Waals surface area contributed by atoms with Crippen LogP contribution in [-0.2, 0) is 22.7 Å². The first-order chi connectivity index (χ1) is 27.7. The minimum Gasteiger partial charge on any atom is -0.352 e. The number of hydrogen-bond acceptors (Lipinski definition) is 2. The van der Waals surface area contributed by atoms with E-state index in [2.05, 4.69) is 48.7 Å². The fraction of sp³-hybridized carbons (Fsp3) is 0.846. The number of unbranched alkanes of at least 4 members (excludes halogenated alkanes) is 36. The predicted octanol–water partition coefficient (Wildman–Crippen LogP) is 16.6. The van der Waals surface area contributed by atoms with Gasteiger partial charge in [0.1, 0.15) is 0 Å². The summed E-state index contributed by atoms with van der Waals surface area (Å²) in [7, 11) is 0. The molecule has 0 spiro atoms. The van der Waals surface area contributed by atoms with Gasteiger partial charge in [0.15, 0.2) is 0 Å². The molecule has 0 saturated heterocycles. The summed E-state index contributed by atoms with van der Waals surface area (Å²) in [6.07, 6.45) is 53.3. The lowest BCUT2D eigenvalue weighted by molar-refractivity contribution is -0.122. The number of carbonyl (C=O) groups excluding carboxylic acids is 2. The largest absolute Gasteiger partial charge is 0.352 e. The molecule has 326 valence electrons. The van der Waals surface area contributed by atoms with E-state index < -0.39 is 0 Å². The van der Waals surface area contributed by atoms with Gasteiger partial charge in [-0.2, -0.15) is 0 Å². The average Bonchev–Trinajstić information content (AvgIpc) is 3.21. The van der Waals surface area contributed by atoms with Gasteiger partial charge in [0, 0.05) is 25.9 Å². The Kier molecular flexibility index (Phi) is 39.8. The summed E-state index contributed by atoms with van der Waals surface area (Å²) >= 11 is 0. The third-order valence-corrected chi connectivity index (χ3v) is 12.0. The Hall–Kier alpha value is -1.84. The van der Waals surface area contributed by atoms with Crippen molar-refractivity contribution in [2.45, 2.75) is 284 Å². The monoisotopic (exact) mass is 781 g/mol. The highest BCUT2D eigenvalue weighted by molar-refractivity contribution is 5.76. The maximum atomic E-state index is 12.4. The fourth-order valence-corrected chi connectivity index (χ4v) is 8.08. The summed E-state index contributed by atoms with van der Waals surface area (Å²) in [5, 5.41) is 6.17. The molecule has 0 unspecified atom stereocenters. The summed E-state index contributed by atoms with van der Waals surface area (Å²) in [4.78, 5) is 24.7. The minimum atomic E-state index is 0.156. The van der Waals surface area contributed by atoms with Gasteiger partial charge in [-0.25, -0.2) is 0 Å². The van der Waals surface area contributed by atoms with Crippen LogP contribution in [0.4, 0.5) is 0 Å². The minimum absolute atomic E-state index is 0.156. The van der Waals surface area contributed by atoms with Gasteiger partial charge in [-0.1, -0.05) is 269 Å². The molecule has 2 amide bonds. The van der Waals surface area contributed by atoms with Crippen molar-refractivity contribution < 1.29 is 9.59 Å². The van der Waals surface area contributed by atoms with E-state index in [1.807, 2.05) is 0 Å². The summed E-state index contributed by atoms with van der Waals surface area (Å²) in [6, 6.07) is 8.27. The van der Waals surface area contributed by atoms with Crippen molar-refractivity contribution in [2.75, 3.05) is 0 Å². The van der Waals surface area contributed by atoms with Crippen LogP contribution >= 0.6 is 0 Å². The molecule has 1 aromatic rings. The van der Waals surface area contributed by atoms with Gasteiger partial charge in [-0.3, -0.25) is 9.59 Å². The van der Waals surface area contributed by atoms with Gasteiger partial charge >= 0.3 is 0 Å². The van der Waals surface area contributed by atoms with Crippen molar-refractivity contribution in [1.29, 1.82) is 0 Å². The Labute approximate surface area is 350 Å². The molecular weight excluding hydrogens is 685 g/mol. The molecule has 0 heterocycles. The molecule has 1 aromatic carbocycles. The standard InChI is InChI=1S/C52H96N2O2/c1-3-5-7-9-11-13-15-17-19-21-23-25-27-29-31-33-35-37-39-41-51(55)53-47-49-43-45-50(46-44-49)48-54-52(56)42-40-38-36-34-32-30-28-26-24-22-20-18-16-14-12-10-8-6-4-2/h43-46H,3-42,47-48H2,1-2H3,(H,53,55)(H,54,56). The number of benzene rings is 1. The van der Waals surface area contributed by atoms with Crippen LogP contribution < -0.4 is 10.6 Å². The first-order valence-corrected chi connectivity index (χ1v) is 25.3. The first-order valence-electron chi connectivity index (χ1n) is 25.3. The smallest absolute Gasteiger partial charge is 0.220 e. The highest BCUT2D eigenvalue weighted by Crippen LogP contribution is 2.17. The second kappa shape index (κ2) is 42.8. The Bertz CT molecular complexity index is 883. The number of rotatable bonds is 44. The van der Waals surface area contributed by atoms with Gasteiger partial charge in [-0.05, 0) is 24.0 Å². The highest BCUT2D eigenvalue weighted by atomic mass is 16.2. The lowest BCUT2D eigenvalue weighted by atomic mass is 10.0. The lowest BCUT2D eigenvalue weighted by Gasteiger charge is -2.08. The molecule has 0 aliphatic heterocycles. The zero-order chi connectivity index (χ0) is 40.3. The SMILES string of the molecule is CCCCCCCCCCCCCCCCCCCCCC(=O)NCc1ccc(CNC(=O)CCCCCCCCCCCCCCCCCCCCC)cc1. The second-order valence-electron chi connectivity index (χ2n) is 17.6. The van der Waals surface area contributed by atoms with Gasteiger partial charge in [-0.15, -0.1) is 0 Å². The number of nitrogens with one attached hydrogen (secondary N) is 2. The van der Waals surface area contributed by atoms with Gasteiger partial charge in [0.05, 0.1) is 0 Å². The second-order valence-corrected chi connectivity index (χ2v) is 17.6. The van der Waals surface area contributed by atoms with Crippen molar-refractivity contribution >= 4 is 11.8 Å². The zero-order valence-corrected chi connectivity index (χ0v) is 37.8. The number of hydrogen-bond donors (Lipinski definition) is 2. The zero-order valence-electron chi connectivity index (χ0n) is 37.8.